The Morgan fingerprint density at radius 1 is 1.29 bits per heavy atom. The fourth-order valence-corrected chi connectivity index (χ4v) is 1.70. The third-order valence-electron chi connectivity index (χ3n) is 2.69. The third kappa shape index (κ3) is 1.93. The quantitative estimate of drug-likeness (QED) is 0.512. The van der Waals surface area contributed by atoms with Crippen molar-refractivity contribution in [2.24, 2.45) is 5.73 Å². The number of hydrogen-bond donors (Lipinski definition) is 4. The summed E-state index contributed by atoms with van der Waals surface area (Å²) in [5.41, 5.74) is 6.20. The molecule has 2 unspecified atom stereocenters. The lowest BCUT2D eigenvalue weighted by Gasteiger charge is -2.16. The van der Waals surface area contributed by atoms with Crippen LogP contribution >= 0.6 is 0 Å². The molecule has 17 heavy (non-hydrogen) atoms. The molecule has 1 aromatic carbocycles. The van der Waals surface area contributed by atoms with Crippen molar-refractivity contribution in [2.45, 2.75) is 12.2 Å². The van der Waals surface area contributed by atoms with Crippen LogP contribution in [0.1, 0.15) is 22.0 Å². The molecule has 0 bridgehead atoms. The van der Waals surface area contributed by atoms with Crippen LogP contribution in [0, 0.1) is 0 Å². The van der Waals surface area contributed by atoms with E-state index < -0.39 is 23.9 Å². The van der Waals surface area contributed by atoms with E-state index in [-0.39, 0.29) is 12.1 Å². The molecule has 5 N–H and O–H groups in total. The summed E-state index contributed by atoms with van der Waals surface area (Å²) in [4.78, 5) is 22.5. The van der Waals surface area contributed by atoms with Gasteiger partial charge >= 0.3 is 0 Å². The Hall–Kier alpha value is -1.76. The lowest BCUT2D eigenvalue weighted by molar-refractivity contribution is -0.112. The molecule has 1 aliphatic heterocycles. The van der Waals surface area contributed by atoms with Gasteiger partial charge in [-0.05, 0) is 17.7 Å². The Balaban J connectivity index is 2.35. The summed E-state index contributed by atoms with van der Waals surface area (Å²) in [6.07, 6.45) is -2.28. The number of Topliss-reactive ketones (excluding diaryl/α,β-unsaturated/α-hetero) is 1. The molecule has 90 valence electrons. The highest BCUT2D eigenvalue weighted by molar-refractivity contribution is 6.51. The van der Waals surface area contributed by atoms with Gasteiger partial charge < -0.3 is 21.3 Å². The SMILES string of the molecule is NCC(O)C(O)c1ccc2c(c1)C(=O)C(=O)N2. The van der Waals surface area contributed by atoms with Crippen LogP contribution in [0.15, 0.2) is 18.2 Å². The summed E-state index contributed by atoms with van der Waals surface area (Å²) in [6, 6.07) is 4.43. The highest BCUT2D eigenvalue weighted by atomic mass is 16.3. The summed E-state index contributed by atoms with van der Waals surface area (Å²) in [5.74, 6) is -1.33. The fraction of sp³-hybridized carbons (Fsp3) is 0.273. The normalized spacial score (nSPS) is 17.6. The van der Waals surface area contributed by atoms with E-state index in [0.717, 1.165) is 0 Å². The molecule has 6 heteroatoms. The molecule has 0 radical (unpaired) electrons. The minimum absolute atomic E-state index is 0.0939. The van der Waals surface area contributed by atoms with Crippen molar-refractivity contribution in [3.05, 3.63) is 29.3 Å². The molecule has 2 rings (SSSR count). The number of anilines is 1. The molecule has 0 saturated carbocycles. The number of ketones is 1. The standard InChI is InChI=1S/C11H12N2O4/c12-4-8(14)9(15)5-1-2-7-6(3-5)10(16)11(17)13-7/h1-3,8-9,14-15H,4,12H2,(H,13,16,17). The number of benzene rings is 1. The molecule has 1 heterocycles. The molecule has 1 aliphatic rings. The number of fused-ring (bicyclic) bond motifs is 1. The van der Waals surface area contributed by atoms with Gasteiger partial charge in [0.2, 0.25) is 0 Å². The molecule has 0 fully saturated rings. The van der Waals surface area contributed by atoms with Crippen LogP contribution in [0.4, 0.5) is 5.69 Å². The van der Waals surface area contributed by atoms with E-state index in [4.69, 9.17) is 5.73 Å². The molecule has 1 aromatic rings. The number of amides is 1. The van der Waals surface area contributed by atoms with Crippen molar-refractivity contribution in [1.29, 1.82) is 0 Å². The zero-order valence-electron chi connectivity index (χ0n) is 8.88. The Labute approximate surface area is 97.1 Å². The van der Waals surface area contributed by atoms with Crippen LogP contribution in [0.3, 0.4) is 0 Å². The lowest BCUT2D eigenvalue weighted by Crippen LogP contribution is -2.27. The second kappa shape index (κ2) is 4.25. The Kier molecular flexibility index (Phi) is 2.93. The first-order chi connectivity index (χ1) is 8.04. The average molecular weight is 236 g/mol. The van der Waals surface area contributed by atoms with Crippen LogP contribution in [0.5, 0.6) is 0 Å². The minimum Gasteiger partial charge on any atom is -0.389 e. The molecular formula is C11H12N2O4. The van der Waals surface area contributed by atoms with Crippen molar-refractivity contribution >= 4 is 17.4 Å². The topological polar surface area (TPSA) is 113 Å². The van der Waals surface area contributed by atoms with E-state index in [9.17, 15) is 19.8 Å². The zero-order chi connectivity index (χ0) is 12.6. The Morgan fingerprint density at radius 3 is 2.65 bits per heavy atom. The third-order valence-corrected chi connectivity index (χ3v) is 2.69. The maximum absolute atomic E-state index is 11.4. The smallest absolute Gasteiger partial charge is 0.296 e. The first kappa shape index (κ1) is 11.7. The average Bonchev–Trinajstić information content (AvgIpc) is 2.63. The van der Waals surface area contributed by atoms with E-state index in [0.29, 0.717) is 11.3 Å². The summed E-state index contributed by atoms with van der Waals surface area (Å²) < 4.78 is 0. The van der Waals surface area contributed by atoms with Gasteiger partial charge in [-0.25, -0.2) is 0 Å². The predicted octanol–water partition coefficient (Wildman–Crippen LogP) is -0.826. The van der Waals surface area contributed by atoms with E-state index in [1.165, 1.54) is 18.2 Å². The number of aliphatic hydroxyl groups is 2. The van der Waals surface area contributed by atoms with Gasteiger partial charge in [0.25, 0.3) is 11.7 Å². The van der Waals surface area contributed by atoms with Gasteiger partial charge in [0.15, 0.2) is 0 Å². The van der Waals surface area contributed by atoms with Gasteiger partial charge in [-0.15, -0.1) is 0 Å². The molecule has 0 aliphatic carbocycles. The van der Waals surface area contributed by atoms with Gasteiger partial charge in [-0.2, -0.15) is 0 Å². The number of carbonyl (C=O) groups is 2. The highest BCUT2D eigenvalue weighted by Crippen LogP contribution is 2.27. The van der Waals surface area contributed by atoms with Crippen molar-refractivity contribution in [3.8, 4) is 0 Å². The molecule has 0 spiro atoms. The van der Waals surface area contributed by atoms with Crippen molar-refractivity contribution in [1.82, 2.24) is 0 Å². The van der Waals surface area contributed by atoms with Crippen LogP contribution in [0.2, 0.25) is 0 Å². The van der Waals surface area contributed by atoms with Crippen LogP contribution < -0.4 is 11.1 Å². The lowest BCUT2D eigenvalue weighted by atomic mass is 10.0. The number of hydrogen-bond acceptors (Lipinski definition) is 5. The number of nitrogens with one attached hydrogen (secondary N) is 1. The maximum atomic E-state index is 11.4. The summed E-state index contributed by atoms with van der Waals surface area (Å²) in [6.45, 7) is -0.0939. The van der Waals surface area contributed by atoms with E-state index >= 15 is 0 Å². The van der Waals surface area contributed by atoms with Crippen molar-refractivity contribution in [3.63, 3.8) is 0 Å². The predicted molar refractivity (Wildman–Crippen MR) is 59.4 cm³/mol. The van der Waals surface area contributed by atoms with Crippen LogP contribution in [-0.4, -0.2) is 34.6 Å². The summed E-state index contributed by atoms with van der Waals surface area (Å²) >= 11 is 0. The van der Waals surface area contributed by atoms with E-state index in [1.54, 1.807) is 0 Å². The van der Waals surface area contributed by atoms with Gasteiger partial charge in [-0.1, -0.05) is 6.07 Å². The number of aliphatic hydroxyl groups excluding tert-OH is 2. The molecule has 0 saturated heterocycles. The monoisotopic (exact) mass is 236 g/mol. The number of rotatable bonds is 3. The molecule has 6 nitrogen and oxygen atoms in total. The van der Waals surface area contributed by atoms with Crippen LogP contribution in [0.25, 0.3) is 0 Å². The van der Waals surface area contributed by atoms with Gasteiger partial charge in [0.1, 0.15) is 6.10 Å². The number of nitrogens with two attached hydrogens (primary N) is 1. The fourth-order valence-electron chi connectivity index (χ4n) is 1.70. The highest BCUT2D eigenvalue weighted by Gasteiger charge is 2.29. The summed E-state index contributed by atoms with van der Waals surface area (Å²) in [5, 5.41) is 21.5. The van der Waals surface area contributed by atoms with E-state index in [1.807, 2.05) is 0 Å². The van der Waals surface area contributed by atoms with Gasteiger partial charge in [0, 0.05) is 6.54 Å². The first-order valence-electron chi connectivity index (χ1n) is 5.10. The van der Waals surface area contributed by atoms with Gasteiger partial charge in [0.05, 0.1) is 17.4 Å². The minimum atomic E-state index is -1.17. The zero-order valence-corrected chi connectivity index (χ0v) is 8.88. The van der Waals surface area contributed by atoms with Crippen molar-refractivity contribution < 1.29 is 19.8 Å². The summed E-state index contributed by atoms with van der Waals surface area (Å²) in [7, 11) is 0. The van der Waals surface area contributed by atoms with E-state index in [2.05, 4.69) is 5.32 Å². The second-order valence-corrected chi connectivity index (χ2v) is 3.84. The van der Waals surface area contributed by atoms with Crippen LogP contribution in [-0.2, 0) is 4.79 Å². The Bertz CT molecular complexity index is 486. The largest absolute Gasteiger partial charge is 0.389 e. The Morgan fingerprint density at radius 2 is 2.00 bits per heavy atom. The molecule has 2 atom stereocenters. The number of carbonyl (C=O) groups excluding carboxylic acids is 2. The first-order valence-corrected chi connectivity index (χ1v) is 5.10. The molecular weight excluding hydrogens is 224 g/mol. The van der Waals surface area contributed by atoms with Crippen molar-refractivity contribution in [2.75, 3.05) is 11.9 Å². The molecule has 0 aromatic heterocycles. The van der Waals surface area contributed by atoms with Gasteiger partial charge in [-0.3, -0.25) is 9.59 Å². The molecule has 1 amide bonds. The maximum Gasteiger partial charge on any atom is 0.296 e. The second-order valence-electron chi connectivity index (χ2n) is 3.84.